The average Bonchev–Trinajstić information content (AvgIpc) is 2.75. The lowest BCUT2D eigenvalue weighted by Crippen LogP contribution is -2.51. The molecular formula is C22H26N6O2. The molecule has 2 atom stereocenters. The molecule has 1 fully saturated rings. The van der Waals surface area contributed by atoms with Crippen molar-refractivity contribution in [2.75, 3.05) is 25.5 Å². The number of nitrogens with two attached hydrogens (primary N) is 2. The monoisotopic (exact) mass is 406 g/mol. The highest BCUT2D eigenvalue weighted by Crippen LogP contribution is 2.29. The Kier molecular flexibility index (Phi) is 5.78. The van der Waals surface area contributed by atoms with Gasteiger partial charge in [0.2, 0.25) is 5.91 Å². The van der Waals surface area contributed by atoms with Crippen LogP contribution in [-0.4, -0.2) is 47.0 Å². The van der Waals surface area contributed by atoms with Gasteiger partial charge in [-0.3, -0.25) is 9.69 Å². The quantitative estimate of drug-likeness (QED) is 0.573. The van der Waals surface area contributed by atoms with E-state index in [1.54, 1.807) is 13.4 Å². The van der Waals surface area contributed by atoms with Gasteiger partial charge < -0.3 is 21.5 Å². The predicted octanol–water partition coefficient (Wildman–Crippen LogP) is 2.02. The smallest absolute Gasteiger partial charge is 0.223 e. The van der Waals surface area contributed by atoms with Gasteiger partial charge in [-0.1, -0.05) is 18.2 Å². The normalized spacial score (nSPS) is 19.5. The maximum absolute atomic E-state index is 11.8. The van der Waals surface area contributed by atoms with E-state index in [0.29, 0.717) is 13.1 Å². The second kappa shape index (κ2) is 8.64. The van der Waals surface area contributed by atoms with Crippen molar-refractivity contribution in [3.8, 4) is 5.75 Å². The van der Waals surface area contributed by atoms with Gasteiger partial charge in [0.1, 0.15) is 17.9 Å². The molecule has 1 amide bonds. The maximum atomic E-state index is 11.8. The highest BCUT2D eigenvalue weighted by atomic mass is 16.5. The Bertz CT molecular complexity index is 1050. The van der Waals surface area contributed by atoms with E-state index in [1.807, 2.05) is 36.4 Å². The molecule has 5 N–H and O–H groups in total. The van der Waals surface area contributed by atoms with E-state index >= 15 is 0 Å². The first kappa shape index (κ1) is 20.1. The molecule has 1 aliphatic rings. The van der Waals surface area contributed by atoms with Gasteiger partial charge in [-0.2, -0.15) is 0 Å². The van der Waals surface area contributed by atoms with Crippen LogP contribution in [0, 0.1) is 5.92 Å². The molecule has 0 aliphatic carbocycles. The van der Waals surface area contributed by atoms with Gasteiger partial charge in [-0.15, -0.1) is 0 Å². The average molecular weight is 406 g/mol. The van der Waals surface area contributed by atoms with E-state index in [1.165, 1.54) is 0 Å². The summed E-state index contributed by atoms with van der Waals surface area (Å²) in [6.07, 6.45) is 2.29. The van der Waals surface area contributed by atoms with Gasteiger partial charge in [0, 0.05) is 42.8 Å². The molecule has 2 aromatic carbocycles. The summed E-state index contributed by atoms with van der Waals surface area (Å²) in [6, 6.07) is 13.5. The number of rotatable bonds is 6. The van der Waals surface area contributed by atoms with Crippen molar-refractivity contribution >= 4 is 28.3 Å². The van der Waals surface area contributed by atoms with Crippen LogP contribution in [0.4, 0.5) is 11.5 Å². The Morgan fingerprint density at radius 2 is 2.10 bits per heavy atom. The van der Waals surface area contributed by atoms with Crippen molar-refractivity contribution in [1.82, 2.24) is 14.9 Å². The van der Waals surface area contributed by atoms with Gasteiger partial charge in [0.05, 0.1) is 18.5 Å². The zero-order valence-electron chi connectivity index (χ0n) is 16.9. The summed E-state index contributed by atoms with van der Waals surface area (Å²) in [5.74, 6) is 0.818. The minimum Gasteiger partial charge on any atom is -0.497 e. The van der Waals surface area contributed by atoms with Gasteiger partial charge in [-0.05, 0) is 30.2 Å². The fourth-order valence-corrected chi connectivity index (χ4v) is 3.97. The molecule has 1 aromatic heterocycles. The lowest BCUT2D eigenvalue weighted by Gasteiger charge is -2.35. The number of benzene rings is 2. The van der Waals surface area contributed by atoms with Crippen LogP contribution in [0.15, 0.2) is 48.8 Å². The van der Waals surface area contributed by atoms with Gasteiger partial charge in [0.15, 0.2) is 0 Å². The topological polar surface area (TPSA) is 119 Å². The van der Waals surface area contributed by atoms with E-state index in [2.05, 4.69) is 26.3 Å². The van der Waals surface area contributed by atoms with Crippen molar-refractivity contribution in [3.05, 3.63) is 54.4 Å². The number of hydrogen-bond donors (Lipinski definition) is 3. The molecule has 0 saturated carbocycles. The first-order valence-electron chi connectivity index (χ1n) is 9.96. The summed E-state index contributed by atoms with van der Waals surface area (Å²) in [5.41, 5.74) is 14.5. The summed E-state index contributed by atoms with van der Waals surface area (Å²) in [5, 5.41) is 4.34. The standard InChI is InChI=1S/C22H26N6O2/c1-30-16-6-3-5-15(10-16)27-22-20-14(4-2-7-19(20)25-13-26-22)11-28-9-8-18(23)17(12-28)21(24)29/h2-7,10,13,17-18H,8-9,11-12,23H2,1H3,(H2,24,29)(H,25,26,27)/t17?,18-/m1/s1. The Hall–Kier alpha value is -3.23. The molecule has 0 bridgehead atoms. The zero-order chi connectivity index (χ0) is 21.1. The number of nitrogens with one attached hydrogen (secondary N) is 1. The highest BCUT2D eigenvalue weighted by Gasteiger charge is 2.30. The van der Waals surface area contributed by atoms with Crippen molar-refractivity contribution < 1.29 is 9.53 Å². The third kappa shape index (κ3) is 4.19. The Morgan fingerprint density at radius 1 is 1.27 bits per heavy atom. The number of fused-ring (bicyclic) bond motifs is 1. The summed E-state index contributed by atoms with van der Waals surface area (Å²) < 4.78 is 5.31. The van der Waals surface area contributed by atoms with Crippen LogP contribution in [-0.2, 0) is 11.3 Å². The second-order valence-corrected chi connectivity index (χ2v) is 7.59. The molecule has 8 nitrogen and oxygen atoms in total. The fraction of sp³-hybridized carbons (Fsp3) is 0.318. The number of carbonyl (C=O) groups excluding carboxylic acids is 1. The largest absolute Gasteiger partial charge is 0.497 e. The van der Waals surface area contributed by atoms with Crippen LogP contribution >= 0.6 is 0 Å². The van der Waals surface area contributed by atoms with Crippen LogP contribution in [0.5, 0.6) is 5.75 Å². The molecule has 0 spiro atoms. The number of piperidine rings is 1. The number of amides is 1. The van der Waals surface area contributed by atoms with Crippen LogP contribution in [0.1, 0.15) is 12.0 Å². The summed E-state index contributed by atoms with van der Waals surface area (Å²) in [6.45, 7) is 2.03. The lowest BCUT2D eigenvalue weighted by molar-refractivity contribution is -0.124. The number of nitrogens with zero attached hydrogens (tertiary/aromatic N) is 3. The van der Waals surface area contributed by atoms with E-state index in [9.17, 15) is 4.79 Å². The van der Waals surface area contributed by atoms with E-state index in [4.69, 9.17) is 16.2 Å². The van der Waals surface area contributed by atoms with Crippen molar-refractivity contribution in [3.63, 3.8) is 0 Å². The minimum absolute atomic E-state index is 0.181. The molecule has 1 aliphatic heterocycles. The molecule has 8 heteroatoms. The van der Waals surface area contributed by atoms with Crippen molar-refractivity contribution in [2.24, 2.45) is 17.4 Å². The first-order valence-corrected chi connectivity index (χ1v) is 9.96. The number of primary amides is 1. The van der Waals surface area contributed by atoms with Crippen molar-refractivity contribution in [1.29, 1.82) is 0 Å². The van der Waals surface area contributed by atoms with E-state index in [0.717, 1.165) is 46.7 Å². The fourth-order valence-electron chi connectivity index (χ4n) is 3.97. The van der Waals surface area contributed by atoms with Crippen LogP contribution in [0.2, 0.25) is 0 Å². The van der Waals surface area contributed by atoms with Gasteiger partial charge in [-0.25, -0.2) is 9.97 Å². The number of carbonyl (C=O) groups is 1. The highest BCUT2D eigenvalue weighted by molar-refractivity contribution is 5.93. The Morgan fingerprint density at radius 3 is 2.90 bits per heavy atom. The van der Waals surface area contributed by atoms with Crippen molar-refractivity contribution in [2.45, 2.75) is 19.0 Å². The molecule has 4 rings (SSSR count). The molecular weight excluding hydrogens is 380 g/mol. The van der Waals surface area contributed by atoms with Gasteiger partial charge in [0.25, 0.3) is 0 Å². The van der Waals surface area contributed by atoms with Crippen LogP contribution in [0.25, 0.3) is 10.9 Å². The predicted molar refractivity (Wildman–Crippen MR) is 116 cm³/mol. The van der Waals surface area contributed by atoms with Gasteiger partial charge >= 0.3 is 0 Å². The number of methoxy groups -OCH3 is 1. The summed E-state index contributed by atoms with van der Waals surface area (Å²) in [7, 11) is 1.64. The number of hydrogen-bond acceptors (Lipinski definition) is 7. The molecule has 3 aromatic rings. The third-order valence-electron chi connectivity index (χ3n) is 5.59. The summed E-state index contributed by atoms with van der Waals surface area (Å²) in [4.78, 5) is 22.9. The Balaban J connectivity index is 1.65. The number of ether oxygens (including phenoxy) is 1. The zero-order valence-corrected chi connectivity index (χ0v) is 16.9. The lowest BCUT2D eigenvalue weighted by atomic mass is 9.92. The molecule has 1 unspecified atom stereocenters. The number of anilines is 2. The van der Waals surface area contributed by atoms with E-state index < -0.39 is 0 Å². The van der Waals surface area contributed by atoms with E-state index in [-0.39, 0.29) is 17.9 Å². The molecule has 1 saturated heterocycles. The third-order valence-corrected chi connectivity index (χ3v) is 5.59. The summed E-state index contributed by atoms with van der Waals surface area (Å²) >= 11 is 0. The molecule has 0 radical (unpaired) electrons. The molecule has 156 valence electrons. The molecule has 2 heterocycles. The number of aromatic nitrogens is 2. The Labute approximate surface area is 175 Å². The second-order valence-electron chi connectivity index (χ2n) is 7.59. The first-order chi connectivity index (χ1) is 14.5. The SMILES string of the molecule is COc1cccc(Nc2ncnc3cccc(CN4CC[C@@H](N)C(C(N)=O)C4)c23)c1. The van der Waals surface area contributed by atoms with Crippen LogP contribution in [0.3, 0.4) is 0 Å². The maximum Gasteiger partial charge on any atom is 0.223 e. The molecule has 30 heavy (non-hydrogen) atoms. The van der Waals surface area contributed by atoms with Crippen LogP contribution < -0.4 is 21.5 Å². The number of likely N-dealkylation sites (tertiary alicyclic amines) is 1. The minimum atomic E-state index is -0.339.